The molecular formula is C17H23Cl2N3OS. The maximum atomic E-state index is 12.0. The number of thiazole rings is 1. The number of nitrogens with one attached hydrogen (secondary N) is 1. The Hall–Kier alpha value is -1.14. The van der Waals surface area contributed by atoms with E-state index in [0.717, 1.165) is 16.3 Å². The predicted molar refractivity (Wildman–Crippen MR) is 104 cm³/mol. The Bertz CT molecular complexity index is 673. The molecular weight excluding hydrogens is 365 g/mol. The molecule has 0 aliphatic heterocycles. The van der Waals surface area contributed by atoms with E-state index in [1.54, 1.807) is 11.3 Å². The zero-order valence-electron chi connectivity index (χ0n) is 13.5. The van der Waals surface area contributed by atoms with Crippen LogP contribution in [0.25, 0.3) is 10.6 Å². The second-order valence-electron chi connectivity index (χ2n) is 6.00. The van der Waals surface area contributed by atoms with Gasteiger partial charge in [0.05, 0.1) is 12.1 Å². The van der Waals surface area contributed by atoms with Crippen LogP contribution >= 0.6 is 36.2 Å². The topological polar surface area (TPSA) is 68.0 Å². The number of nitrogens with zero attached hydrogens (tertiary/aromatic N) is 1. The van der Waals surface area contributed by atoms with Gasteiger partial charge in [0.1, 0.15) is 5.01 Å². The summed E-state index contributed by atoms with van der Waals surface area (Å²) >= 11 is 1.58. The summed E-state index contributed by atoms with van der Waals surface area (Å²) < 4.78 is 0. The van der Waals surface area contributed by atoms with Crippen LogP contribution in [0.15, 0.2) is 29.6 Å². The van der Waals surface area contributed by atoms with Gasteiger partial charge in [-0.15, -0.1) is 36.2 Å². The van der Waals surface area contributed by atoms with E-state index < -0.39 is 0 Å². The van der Waals surface area contributed by atoms with E-state index in [4.69, 9.17) is 5.73 Å². The van der Waals surface area contributed by atoms with Crippen LogP contribution in [-0.2, 0) is 11.2 Å². The summed E-state index contributed by atoms with van der Waals surface area (Å²) in [6, 6.07) is 8.34. The van der Waals surface area contributed by atoms with Crippen molar-refractivity contribution in [2.24, 2.45) is 11.7 Å². The van der Waals surface area contributed by atoms with Crippen molar-refractivity contribution in [3.8, 4) is 10.6 Å². The lowest BCUT2D eigenvalue weighted by Gasteiger charge is -2.10. The molecule has 3 rings (SSSR count). The molecule has 132 valence electrons. The largest absolute Gasteiger partial charge is 0.354 e. The average Bonchev–Trinajstić information content (AvgIpc) is 3.25. The number of aromatic nitrogens is 1. The number of nitrogens with two attached hydrogens (primary N) is 1. The Kier molecular flexibility index (Phi) is 8.16. The van der Waals surface area contributed by atoms with Gasteiger partial charge >= 0.3 is 0 Å². The van der Waals surface area contributed by atoms with Gasteiger partial charge in [-0.2, -0.15) is 0 Å². The standard InChI is InChI=1S/C17H21N3OS.2ClH/c1-11-3-2-4-13(7-11)17-20-14(10-22-17)8-16(21)19-9-15(18)12-5-6-12;;/h2-4,7,10,12,15H,5-6,8-9,18H2,1H3,(H,19,21);2*1H. The van der Waals surface area contributed by atoms with Crippen LogP contribution in [0, 0.1) is 12.8 Å². The Morgan fingerprint density at radius 2 is 2.17 bits per heavy atom. The summed E-state index contributed by atoms with van der Waals surface area (Å²) in [6.07, 6.45) is 2.71. The molecule has 1 aromatic heterocycles. The number of carbonyl (C=O) groups excluding carboxylic acids is 1. The average molecular weight is 388 g/mol. The molecule has 4 nitrogen and oxygen atoms in total. The molecule has 0 bridgehead atoms. The molecule has 1 atom stereocenters. The minimum atomic E-state index is -0.00260. The van der Waals surface area contributed by atoms with Crippen molar-refractivity contribution >= 4 is 42.1 Å². The van der Waals surface area contributed by atoms with Crippen molar-refractivity contribution in [1.82, 2.24) is 10.3 Å². The van der Waals surface area contributed by atoms with Crippen LogP contribution in [0.3, 0.4) is 0 Å². The fraction of sp³-hybridized carbons (Fsp3) is 0.412. The molecule has 1 saturated carbocycles. The van der Waals surface area contributed by atoms with E-state index in [1.807, 2.05) is 17.5 Å². The first-order chi connectivity index (χ1) is 10.6. The minimum Gasteiger partial charge on any atom is -0.354 e. The number of aryl methyl sites for hydroxylation is 1. The van der Waals surface area contributed by atoms with Crippen LogP contribution < -0.4 is 11.1 Å². The predicted octanol–water partition coefficient (Wildman–Crippen LogP) is 3.36. The summed E-state index contributed by atoms with van der Waals surface area (Å²) in [5.74, 6) is 0.602. The molecule has 7 heteroatoms. The zero-order valence-corrected chi connectivity index (χ0v) is 16.0. The maximum Gasteiger partial charge on any atom is 0.226 e. The van der Waals surface area contributed by atoms with Gasteiger partial charge in [-0.1, -0.05) is 23.8 Å². The molecule has 0 radical (unpaired) electrons. The molecule has 1 amide bonds. The highest BCUT2D eigenvalue weighted by Gasteiger charge is 2.28. The summed E-state index contributed by atoms with van der Waals surface area (Å²) in [5, 5.41) is 5.83. The van der Waals surface area contributed by atoms with Gasteiger partial charge in [0.25, 0.3) is 0 Å². The van der Waals surface area contributed by atoms with Gasteiger partial charge in [0, 0.05) is 23.5 Å². The molecule has 1 heterocycles. The van der Waals surface area contributed by atoms with Gasteiger partial charge in [-0.05, 0) is 31.7 Å². The Balaban J connectivity index is 0.00000144. The van der Waals surface area contributed by atoms with Crippen molar-refractivity contribution in [1.29, 1.82) is 0 Å². The highest BCUT2D eigenvalue weighted by molar-refractivity contribution is 7.13. The van der Waals surface area contributed by atoms with E-state index in [-0.39, 0.29) is 36.8 Å². The lowest BCUT2D eigenvalue weighted by molar-refractivity contribution is -0.120. The SMILES string of the molecule is Cc1cccc(-c2nc(CC(=O)NCC(N)C3CC3)cs2)c1.Cl.Cl. The summed E-state index contributed by atoms with van der Waals surface area (Å²) in [4.78, 5) is 16.5. The molecule has 3 N–H and O–H groups in total. The normalized spacial score (nSPS) is 14.2. The third-order valence-electron chi connectivity index (χ3n) is 3.92. The molecule has 1 aliphatic rings. The second-order valence-corrected chi connectivity index (χ2v) is 6.85. The van der Waals surface area contributed by atoms with E-state index in [1.165, 1.54) is 18.4 Å². The van der Waals surface area contributed by atoms with Crippen LogP contribution in [0.2, 0.25) is 0 Å². The number of amides is 1. The number of hydrogen-bond donors (Lipinski definition) is 2. The Morgan fingerprint density at radius 1 is 1.42 bits per heavy atom. The first-order valence-electron chi connectivity index (χ1n) is 7.65. The smallest absolute Gasteiger partial charge is 0.226 e. The fourth-order valence-electron chi connectivity index (χ4n) is 2.45. The first kappa shape index (κ1) is 20.9. The van der Waals surface area contributed by atoms with Crippen molar-refractivity contribution in [2.75, 3.05) is 6.54 Å². The van der Waals surface area contributed by atoms with Crippen LogP contribution in [-0.4, -0.2) is 23.5 Å². The molecule has 0 saturated heterocycles. The van der Waals surface area contributed by atoms with Crippen molar-refractivity contribution in [3.05, 3.63) is 40.9 Å². The number of rotatable bonds is 6. The van der Waals surface area contributed by atoms with Crippen LogP contribution in [0.1, 0.15) is 24.1 Å². The lowest BCUT2D eigenvalue weighted by atomic mass is 10.1. The number of halogens is 2. The van der Waals surface area contributed by atoms with Gasteiger partial charge in [-0.3, -0.25) is 4.79 Å². The second kappa shape index (κ2) is 9.37. The number of benzene rings is 1. The Morgan fingerprint density at radius 3 is 2.83 bits per heavy atom. The van der Waals surface area contributed by atoms with Gasteiger partial charge in [0.2, 0.25) is 5.91 Å². The highest BCUT2D eigenvalue weighted by atomic mass is 35.5. The first-order valence-corrected chi connectivity index (χ1v) is 8.53. The third-order valence-corrected chi connectivity index (χ3v) is 4.86. The van der Waals surface area contributed by atoms with Gasteiger partial charge in [0.15, 0.2) is 0 Å². The molecule has 1 aromatic carbocycles. The van der Waals surface area contributed by atoms with E-state index in [0.29, 0.717) is 18.9 Å². The van der Waals surface area contributed by atoms with Crippen LogP contribution in [0.5, 0.6) is 0 Å². The molecule has 1 aliphatic carbocycles. The monoisotopic (exact) mass is 387 g/mol. The zero-order chi connectivity index (χ0) is 15.5. The summed E-state index contributed by atoms with van der Waals surface area (Å²) in [5.41, 5.74) is 9.12. The van der Waals surface area contributed by atoms with Gasteiger partial charge < -0.3 is 11.1 Å². The third kappa shape index (κ3) is 5.74. The molecule has 1 unspecified atom stereocenters. The van der Waals surface area contributed by atoms with Crippen molar-refractivity contribution < 1.29 is 4.79 Å². The highest BCUT2D eigenvalue weighted by Crippen LogP contribution is 2.31. The number of carbonyl (C=O) groups is 1. The minimum absolute atomic E-state index is 0. The Labute approximate surface area is 159 Å². The van der Waals surface area contributed by atoms with Gasteiger partial charge in [-0.25, -0.2) is 4.98 Å². The summed E-state index contributed by atoms with van der Waals surface area (Å²) in [6.45, 7) is 2.63. The molecule has 0 spiro atoms. The lowest BCUT2D eigenvalue weighted by Crippen LogP contribution is -2.39. The van der Waals surface area contributed by atoms with E-state index >= 15 is 0 Å². The maximum absolute atomic E-state index is 12.0. The fourth-order valence-corrected chi connectivity index (χ4v) is 3.27. The molecule has 2 aromatic rings. The van der Waals surface area contributed by atoms with Crippen molar-refractivity contribution in [2.45, 2.75) is 32.2 Å². The van der Waals surface area contributed by atoms with Crippen molar-refractivity contribution in [3.63, 3.8) is 0 Å². The summed E-state index contributed by atoms with van der Waals surface area (Å²) in [7, 11) is 0. The molecule has 1 fully saturated rings. The molecule has 24 heavy (non-hydrogen) atoms. The van der Waals surface area contributed by atoms with E-state index in [2.05, 4.69) is 29.4 Å². The number of hydrogen-bond acceptors (Lipinski definition) is 4. The van der Waals surface area contributed by atoms with Crippen LogP contribution in [0.4, 0.5) is 0 Å². The van der Waals surface area contributed by atoms with E-state index in [9.17, 15) is 4.79 Å². The quantitative estimate of drug-likeness (QED) is 0.798.